The molecular formula is C12H11BrN2O2. The second kappa shape index (κ2) is 4.33. The SMILES string of the molecule is Cc1[nH]n(C)c(=O)c1C(=O)c1ccc(Br)cc1. The summed E-state index contributed by atoms with van der Waals surface area (Å²) in [6, 6.07) is 6.94. The van der Waals surface area contributed by atoms with Crippen molar-refractivity contribution < 1.29 is 4.79 Å². The maximum Gasteiger partial charge on any atom is 0.277 e. The molecule has 0 fully saturated rings. The molecule has 17 heavy (non-hydrogen) atoms. The van der Waals surface area contributed by atoms with Crippen LogP contribution >= 0.6 is 15.9 Å². The number of nitrogens with zero attached hydrogens (tertiary/aromatic N) is 1. The first-order valence-corrected chi connectivity index (χ1v) is 5.86. The van der Waals surface area contributed by atoms with Gasteiger partial charge in [0, 0.05) is 22.8 Å². The van der Waals surface area contributed by atoms with Crippen LogP contribution in [0.5, 0.6) is 0 Å². The van der Waals surface area contributed by atoms with Crippen molar-refractivity contribution in [3.8, 4) is 0 Å². The highest BCUT2D eigenvalue weighted by atomic mass is 79.9. The van der Waals surface area contributed by atoms with Crippen molar-refractivity contribution in [2.45, 2.75) is 6.92 Å². The number of hydrogen-bond acceptors (Lipinski definition) is 2. The highest BCUT2D eigenvalue weighted by Gasteiger charge is 2.18. The van der Waals surface area contributed by atoms with Crippen molar-refractivity contribution in [2.75, 3.05) is 0 Å². The number of carbonyl (C=O) groups excluding carboxylic acids is 1. The largest absolute Gasteiger partial charge is 0.299 e. The number of H-pyrrole nitrogens is 1. The average Bonchev–Trinajstić information content (AvgIpc) is 2.53. The van der Waals surface area contributed by atoms with Gasteiger partial charge in [-0.15, -0.1) is 0 Å². The number of aromatic amines is 1. The Balaban J connectivity index is 2.51. The minimum atomic E-state index is -0.296. The number of ketones is 1. The van der Waals surface area contributed by atoms with Gasteiger partial charge in [0.2, 0.25) is 0 Å². The molecule has 0 amide bonds. The smallest absolute Gasteiger partial charge is 0.277 e. The third kappa shape index (κ3) is 2.10. The molecule has 88 valence electrons. The number of aryl methyl sites for hydroxylation is 2. The zero-order valence-corrected chi connectivity index (χ0v) is 11.0. The Kier molecular flexibility index (Phi) is 3.02. The number of rotatable bonds is 2. The van der Waals surface area contributed by atoms with Crippen LogP contribution in [-0.2, 0) is 7.05 Å². The van der Waals surface area contributed by atoms with Gasteiger partial charge in [-0.25, -0.2) is 0 Å². The zero-order chi connectivity index (χ0) is 12.6. The molecule has 1 aromatic carbocycles. The van der Waals surface area contributed by atoms with Crippen LogP contribution in [0.3, 0.4) is 0 Å². The summed E-state index contributed by atoms with van der Waals surface area (Å²) < 4.78 is 2.20. The third-order valence-electron chi connectivity index (χ3n) is 2.56. The molecule has 0 saturated carbocycles. The number of aromatic nitrogens is 2. The van der Waals surface area contributed by atoms with Gasteiger partial charge in [0.25, 0.3) is 5.56 Å². The molecule has 0 aliphatic carbocycles. The molecule has 0 saturated heterocycles. The van der Waals surface area contributed by atoms with E-state index in [1.54, 1.807) is 38.2 Å². The lowest BCUT2D eigenvalue weighted by atomic mass is 10.0. The maximum atomic E-state index is 12.2. The topological polar surface area (TPSA) is 54.9 Å². The Labute approximate surface area is 106 Å². The van der Waals surface area contributed by atoms with Gasteiger partial charge < -0.3 is 0 Å². The molecule has 1 aromatic heterocycles. The van der Waals surface area contributed by atoms with Crippen LogP contribution in [0, 0.1) is 6.92 Å². The lowest BCUT2D eigenvalue weighted by Crippen LogP contribution is -2.19. The van der Waals surface area contributed by atoms with Crippen molar-refractivity contribution in [1.29, 1.82) is 0 Å². The summed E-state index contributed by atoms with van der Waals surface area (Å²) in [6.07, 6.45) is 0. The Morgan fingerprint density at radius 3 is 2.35 bits per heavy atom. The molecule has 1 N–H and O–H groups in total. The predicted molar refractivity (Wildman–Crippen MR) is 68.3 cm³/mol. The highest BCUT2D eigenvalue weighted by molar-refractivity contribution is 9.10. The first kappa shape index (κ1) is 11.9. The zero-order valence-electron chi connectivity index (χ0n) is 9.45. The molecule has 4 nitrogen and oxygen atoms in total. The van der Waals surface area contributed by atoms with E-state index in [0.717, 1.165) is 4.47 Å². The molecule has 0 unspecified atom stereocenters. The van der Waals surface area contributed by atoms with Gasteiger partial charge in [0.1, 0.15) is 5.56 Å². The number of nitrogens with one attached hydrogen (secondary N) is 1. The molecule has 0 radical (unpaired) electrons. The van der Waals surface area contributed by atoms with Crippen LogP contribution in [0.2, 0.25) is 0 Å². The monoisotopic (exact) mass is 294 g/mol. The number of halogens is 1. The summed E-state index contributed by atoms with van der Waals surface area (Å²) in [5, 5.41) is 2.81. The summed E-state index contributed by atoms with van der Waals surface area (Å²) in [7, 11) is 1.59. The number of hydrogen-bond donors (Lipinski definition) is 1. The quantitative estimate of drug-likeness (QED) is 0.862. The predicted octanol–water partition coefficient (Wildman–Crippen LogP) is 2.02. The van der Waals surface area contributed by atoms with Crippen molar-refractivity contribution in [1.82, 2.24) is 9.78 Å². The Morgan fingerprint density at radius 1 is 1.29 bits per heavy atom. The highest BCUT2D eigenvalue weighted by Crippen LogP contribution is 2.14. The summed E-state index contributed by atoms with van der Waals surface area (Å²) in [5.41, 5.74) is 1.00. The minimum absolute atomic E-state index is 0.204. The van der Waals surface area contributed by atoms with E-state index in [2.05, 4.69) is 21.0 Å². The summed E-state index contributed by atoms with van der Waals surface area (Å²) in [6.45, 7) is 1.72. The van der Waals surface area contributed by atoms with Gasteiger partial charge in [0.05, 0.1) is 0 Å². The van der Waals surface area contributed by atoms with E-state index >= 15 is 0 Å². The van der Waals surface area contributed by atoms with Crippen molar-refractivity contribution in [2.24, 2.45) is 7.05 Å². The van der Waals surface area contributed by atoms with Gasteiger partial charge in [-0.3, -0.25) is 19.4 Å². The molecule has 0 spiro atoms. The van der Waals surface area contributed by atoms with Crippen LogP contribution in [0.15, 0.2) is 33.5 Å². The first-order chi connectivity index (χ1) is 8.00. The van der Waals surface area contributed by atoms with Crippen LogP contribution in [0.1, 0.15) is 21.6 Å². The summed E-state index contributed by atoms with van der Waals surface area (Å²) in [5.74, 6) is -0.253. The Hall–Kier alpha value is -1.62. The molecule has 2 rings (SSSR count). The van der Waals surface area contributed by atoms with E-state index in [4.69, 9.17) is 0 Å². The fourth-order valence-corrected chi connectivity index (χ4v) is 1.96. The van der Waals surface area contributed by atoms with Crippen molar-refractivity contribution >= 4 is 21.7 Å². The number of carbonyl (C=O) groups is 1. The minimum Gasteiger partial charge on any atom is -0.299 e. The lowest BCUT2D eigenvalue weighted by Gasteiger charge is -1.98. The van der Waals surface area contributed by atoms with E-state index in [9.17, 15) is 9.59 Å². The first-order valence-electron chi connectivity index (χ1n) is 5.06. The van der Waals surface area contributed by atoms with Crippen molar-refractivity contribution in [3.63, 3.8) is 0 Å². The molecule has 5 heteroatoms. The molecular weight excluding hydrogens is 284 g/mol. The summed E-state index contributed by atoms with van der Waals surface area (Å²) >= 11 is 3.30. The summed E-state index contributed by atoms with van der Waals surface area (Å²) in [4.78, 5) is 23.9. The van der Waals surface area contributed by atoms with Gasteiger partial charge in [0.15, 0.2) is 5.78 Å². The Morgan fingerprint density at radius 2 is 1.88 bits per heavy atom. The van der Waals surface area contributed by atoms with E-state index in [0.29, 0.717) is 11.3 Å². The van der Waals surface area contributed by atoms with E-state index in [1.807, 2.05) is 0 Å². The average molecular weight is 295 g/mol. The van der Waals surface area contributed by atoms with E-state index in [1.165, 1.54) is 4.68 Å². The fourth-order valence-electron chi connectivity index (χ4n) is 1.70. The Bertz CT molecular complexity index is 623. The van der Waals surface area contributed by atoms with Crippen LogP contribution in [-0.4, -0.2) is 15.6 Å². The second-order valence-electron chi connectivity index (χ2n) is 3.81. The third-order valence-corrected chi connectivity index (χ3v) is 3.09. The van der Waals surface area contributed by atoms with Gasteiger partial charge in [-0.2, -0.15) is 0 Å². The standard InChI is InChI=1S/C12H11BrN2O2/c1-7-10(12(17)15(2)14-7)11(16)8-3-5-9(13)6-4-8/h3-6,14H,1-2H3. The molecule has 1 heterocycles. The molecule has 0 aliphatic heterocycles. The van der Waals surface area contributed by atoms with E-state index in [-0.39, 0.29) is 16.9 Å². The van der Waals surface area contributed by atoms with Crippen molar-refractivity contribution in [3.05, 3.63) is 55.9 Å². The molecule has 0 aliphatic rings. The van der Waals surface area contributed by atoms with Gasteiger partial charge >= 0.3 is 0 Å². The van der Waals surface area contributed by atoms with Crippen LogP contribution in [0.25, 0.3) is 0 Å². The normalized spacial score (nSPS) is 10.5. The van der Waals surface area contributed by atoms with Crippen LogP contribution < -0.4 is 5.56 Å². The maximum absolute atomic E-state index is 12.2. The van der Waals surface area contributed by atoms with E-state index < -0.39 is 0 Å². The fraction of sp³-hybridized carbons (Fsp3) is 0.167. The van der Waals surface area contributed by atoms with Gasteiger partial charge in [-0.1, -0.05) is 15.9 Å². The van der Waals surface area contributed by atoms with Crippen LogP contribution in [0.4, 0.5) is 0 Å². The molecule has 0 atom stereocenters. The lowest BCUT2D eigenvalue weighted by molar-refractivity contribution is 0.103. The number of benzene rings is 1. The molecule has 0 bridgehead atoms. The molecule has 2 aromatic rings. The van der Waals surface area contributed by atoms with Gasteiger partial charge in [-0.05, 0) is 31.2 Å². The second-order valence-corrected chi connectivity index (χ2v) is 4.73.